The summed E-state index contributed by atoms with van der Waals surface area (Å²) in [5.41, 5.74) is 0.824. The van der Waals surface area contributed by atoms with Crippen molar-refractivity contribution < 1.29 is 38.0 Å². The van der Waals surface area contributed by atoms with Crippen molar-refractivity contribution in [3.05, 3.63) is 35.9 Å². The molecule has 2 heterocycles. The number of hydrogen-bond donors (Lipinski definition) is 0. The highest BCUT2D eigenvalue weighted by atomic mass is 16.8. The van der Waals surface area contributed by atoms with Crippen LogP contribution < -0.4 is 0 Å². The maximum Gasteiger partial charge on any atom is 0.303 e. The summed E-state index contributed by atoms with van der Waals surface area (Å²) >= 11 is 0. The predicted octanol–water partition coefficient (Wildman–Crippen LogP) is 1.34. The number of carbonyl (C=O) groups excluding carboxylic acids is 2. The highest BCUT2D eigenvalue weighted by molar-refractivity contribution is 5.67. The van der Waals surface area contributed by atoms with Crippen LogP contribution in [0.5, 0.6) is 0 Å². The van der Waals surface area contributed by atoms with Gasteiger partial charge in [0, 0.05) is 26.5 Å². The molecule has 1 aromatic carbocycles. The van der Waals surface area contributed by atoms with Crippen molar-refractivity contribution in [2.45, 2.75) is 50.8 Å². The first-order valence-corrected chi connectivity index (χ1v) is 8.34. The topological polar surface area (TPSA) is 89.5 Å². The Bertz CT molecular complexity index is 633. The monoisotopic (exact) mass is 366 g/mol. The standard InChI is InChI=1S/C18H22O8/c1-10(19)23-15-14-13(25-18(21-3)16(15)24-11(2)20)9-22-17(26-14)12-7-5-4-6-8-12/h4-8,13-18H,9H2,1-3H3/t13-,14+,15+,16-,17-,18+/m1/s1. The molecule has 8 heteroatoms. The van der Waals surface area contributed by atoms with Crippen LogP contribution in [0, 0.1) is 0 Å². The van der Waals surface area contributed by atoms with E-state index in [1.165, 1.54) is 21.0 Å². The van der Waals surface area contributed by atoms with E-state index in [-0.39, 0.29) is 6.61 Å². The molecule has 1 aromatic rings. The van der Waals surface area contributed by atoms with Crippen LogP contribution >= 0.6 is 0 Å². The van der Waals surface area contributed by atoms with E-state index in [1.807, 2.05) is 30.3 Å². The molecule has 0 radical (unpaired) electrons. The molecule has 3 rings (SSSR count). The number of fused-ring (bicyclic) bond motifs is 1. The van der Waals surface area contributed by atoms with Crippen molar-refractivity contribution in [1.29, 1.82) is 0 Å². The lowest BCUT2D eigenvalue weighted by Crippen LogP contribution is -2.64. The smallest absolute Gasteiger partial charge is 0.303 e. The Morgan fingerprint density at radius 3 is 2.27 bits per heavy atom. The van der Waals surface area contributed by atoms with Crippen molar-refractivity contribution in [2.24, 2.45) is 0 Å². The van der Waals surface area contributed by atoms with E-state index >= 15 is 0 Å². The summed E-state index contributed by atoms with van der Waals surface area (Å²) in [6.45, 7) is 2.76. The van der Waals surface area contributed by atoms with Gasteiger partial charge in [0.2, 0.25) is 0 Å². The number of carbonyl (C=O) groups is 2. The van der Waals surface area contributed by atoms with Crippen molar-refractivity contribution in [3.8, 4) is 0 Å². The number of benzene rings is 1. The van der Waals surface area contributed by atoms with Crippen molar-refractivity contribution >= 4 is 11.9 Å². The highest BCUT2D eigenvalue weighted by Gasteiger charge is 2.53. The number of methoxy groups -OCH3 is 1. The fourth-order valence-corrected chi connectivity index (χ4v) is 3.16. The minimum absolute atomic E-state index is 0.217. The largest absolute Gasteiger partial charge is 0.455 e. The zero-order chi connectivity index (χ0) is 18.7. The van der Waals surface area contributed by atoms with Crippen LogP contribution in [0.1, 0.15) is 25.7 Å². The molecule has 0 aromatic heterocycles. The minimum atomic E-state index is -0.947. The third-order valence-electron chi connectivity index (χ3n) is 4.19. The van der Waals surface area contributed by atoms with E-state index in [4.69, 9.17) is 28.4 Å². The van der Waals surface area contributed by atoms with E-state index in [0.717, 1.165) is 5.56 Å². The molecule has 2 aliphatic rings. The Labute approximate surface area is 151 Å². The van der Waals surface area contributed by atoms with Gasteiger partial charge in [-0.25, -0.2) is 0 Å². The van der Waals surface area contributed by atoms with Crippen molar-refractivity contribution in [2.75, 3.05) is 13.7 Å². The molecule has 0 spiro atoms. The summed E-state index contributed by atoms with van der Waals surface area (Å²) in [4.78, 5) is 23.1. The lowest BCUT2D eigenvalue weighted by molar-refractivity contribution is -0.359. The van der Waals surface area contributed by atoms with Gasteiger partial charge >= 0.3 is 11.9 Å². The predicted molar refractivity (Wildman–Crippen MR) is 86.8 cm³/mol. The number of ether oxygens (including phenoxy) is 6. The summed E-state index contributed by atoms with van der Waals surface area (Å²) < 4.78 is 33.6. The first kappa shape index (κ1) is 18.8. The Morgan fingerprint density at radius 2 is 1.65 bits per heavy atom. The van der Waals surface area contributed by atoms with Gasteiger partial charge in [-0.3, -0.25) is 9.59 Å². The number of hydrogen-bond acceptors (Lipinski definition) is 8. The summed E-state index contributed by atoms with van der Waals surface area (Å²) in [6, 6.07) is 9.38. The van der Waals surface area contributed by atoms with Crippen LogP contribution in [0.15, 0.2) is 30.3 Å². The van der Waals surface area contributed by atoms with Crippen LogP contribution in [-0.2, 0) is 38.0 Å². The lowest BCUT2D eigenvalue weighted by atomic mass is 9.97. The quantitative estimate of drug-likeness (QED) is 0.738. The molecular weight excluding hydrogens is 344 g/mol. The molecule has 8 nitrogen and oxygen atoms in total. The fraction of sp³-hybridized carbons (Fsp3) is 0.556. The van der Waals surface area contributed by atoms with Crippen molar-refractivity contribution in [1.82, 2.24) is 0 Å². The summed E-state index contributed by atoms with van der Waals surface area (Å²) in [7, 11) is 1.42. The van der Waals surface area contributed by atoms with E-state index in [9.17, 15) is 9.59 Å². The van der Waals surface area contributed by atoms with Gasteiger partial charge in [-0.15, -0.1) is 0 Å². The van der Waals surface area contributed by atoms with Gasteiger partial charge in [0.1, 0.15) is 12.2 Å². The van der Waals surface area contributed by atoms with Crippen LogP contribution in [0.25, 0.3) is 0 Å². The molecule has 0 saturated carbocycles. The van der Waals surface area contributed by atoms with Crippen LogP contribution in [0.4, 0.5) is 0 Å². The first-order valence-electron chi connectivity index (χ1n) is 8.34. The second-order valence-corrected chi connectivity index (χ2v) is 6.10. The Hall–Kier alpha value is -2.00. The molecule has 0 N–H and O–H groups in total. The molecular formula is C18H22O8. The van der Waals surface area contributed by atoms with Crippen LogP contribution in [-0.4, -0.2) is 56.4 Å². The molecule has 142 valence electrons. The van der Waals surface area contributed by atoms with E-state index in [1.54, 1.807) is 0 Å². The van der Waals surface area contributed by atoms with E-state index in [2.05, 4.69) is 0 Å². The normalized spacial score (nSPS) is 33.8. The molecule has 6 atom stereocenters. The van der Waals surface area contributed by atoms with Gasteiger partial charge in [0.25, 0.3) is 0 Å². The van der Waals surface area contributed by atoms with Crippen LogP contribution in [0.2, 0.25) is 0 Å². The average Bonchev–Trinajstić information content (AvgIpc) is 2.63. The zero-order valence-corrected chi connectivity index (χ0v) is 14.8. The van der Waals surface area contributed by atoms with Gasteiger partial charge in [-0.1, -0.05) is 30.3 Å². The summed E-state index contributed by atoms with van der Waals surface area (Å²) in [6.07, 6.45) is -4.57. The van der Waals surface area contributed by atoms with Crippen molar-refractivity contribution in [3.63, 3.8) is 0 Å². The fourth-order valence-electron chi connectivity index (χ4n) is 3.16. The van der Waals surface area contributed by atoms with Gasteiger partial charge in [0.05, 0.1) is 6.61 Å². The second kappa shape index (κ2) is 8.13. The third kappa shape index (κ3) is 4.04. The maximum atomic E-state index is 11.6. The Morgan fingerprint density at radius 1 is 1.00 bits per heavy atom. The third-order valence-corrected chi connectivity index (χ3v) is 4.19. The molecule has 2 fully saturated rings. The zero-order valence-electron chi connectivity index (χ0n) is 14.8. The average molecular weight is 366 g/mol. The summed E-state index contributed by atoms with van der Waals surface area (Å²) in [5.74, 6) is -1.06. The van der Waals surface area contributed by atoms with Gasteiger partial charge in [-0.2, -0.15) is 0 Å². The van der Waals surface area contributed by atoms with Gasteiger partial charge in [-0.05, 0) is 0 Å². The minimum Gasteiger partial charge on any atom is -0.455 e. The SMILES string of the molecule is CO[C@H]1O[C@@H]2CO[C@@H](c3ccccc3)O[C@@H]2[C@H](OC(C)=O)[C@H]1OC(C)=O. The Balaban J connectivity index is 1.86. The van der Waals surface area contributed by atoms with Gasteiger partial charge in [0.15, 0.2) is 24.8 Å². The number of esters is 2. The molecule has 2 saturated heterocycles. The molecule has 0 bridgehead atoms. The highest BCUT2D eigenvalue weighted by Crippen LogP contribution is 2.36. The maximum absolute atomic E-state index is 11.6. The summed E-state index contributed by atoms with van der Waals surface area (Å²) in [5, 5.41) is 0. The molecule has 0 aliphatic carbocycles. The van der Waals surface area contributed by atoms with Gasteiger partial charge < -0.3 is 28.4 Å². The molecule has 0 unspecified atom stereocenters. The first-order chi connectivity index (χ1) is 12.5. The van der Waals surface area contributed by atoms with E-state index in [0.29, 0.717) is 0 Å². The van der Waals surface area contributed by atoms with Crippen LogP contribution in [0.3, 0.4) is 0 Å². The Kier molecular flexibility index (Phi) is 5.87. The number of rotatable bonds is 4. The second-order valence-electron chi connectivity index (χ2n) is 6.10. The molecule has 26 heavy (non-hydrogen) atoms. The molecule has 0 amide bonds. The molecule has 2 aliphatic heterocycles. The lowest BCUT2D eigenvalue weighted by Gasteiger charge is -2.47. The van der Waals surface area contributed by atoms with E-state index < -0.39 is 48.9 Å².